The van der Waals surface area contributed by atoms with Crippen LogP contribution in [0, 0.1) is 11.5 Å². The van der Waals surface area contributed by atoms with Gasteiger partial charge in [0.15, 0.2) is 0 Å². The molecule has 3 N–H and O–H groups in total. The van der Waals surface area contributed by atoms with Crippen LogP contribution in [0.5, 0.6) is 0 Å². The fraction of sp³-hybridized carbons (Fsp3) is 0.188. The van der Waals surface area contributed by atoms with Gasteiger partial charge in [0.1, 0.15) is 16.6 Å². The first-order chi connectivity index (χ1) is 12.5. The average Bonchev–Trinajstić information content (AvgIpc) is 3.23. The third-order valence-electron chi connectivity index (χ3n) is 4.31. The number of nitriles is 1. The molecule has 0 saturated carbocycles. The van der Waals surface area contributed by atoms with Crippen molar-refractivity contribution < 1.29 is 0 Å². The molecule has 0 atom stereocenters. The minimum absolute atomic E-state index is 0.677. The van der Waals surface area contributed by atoms with E-state index < -0.39 is 8.24 Å². The van der Waals surface area contributed by atoms with Crippen molar-refractivity contribution >= 4 is 41.7 Å². The van der Waals surface area contributed by atoms with Gasteiger partial charge in [0.2, 0.25) is 14.4 Å². The summed E-state index contributed by atoms with van der Waals surface area (Å²) in [6.07, 6.45) is 2.72. The van der Waals surface area contributed by atoms with Gasteiger partial charge in [-0.15, -0.1) is 14.9 Å². The van der Waals surface area contributed by atoms with E-state index in [1.807, 2.05) is 46.9 Å². The van der Waals surface area contributed by atoms with E-state index in [1.165, 1.54) is 4.68 Å². The number of nitrogens with zero attached hydrogens (tertiary/aromatic N) is 7. The largest absolute Gasteiger partial charge is 0.399 e. The number of aromatic nitrogens is 6. The first-order valence-electron chi connectivity index (χ1n) is 8.09. The lowest BCUT2D eigenvalue weighted by Crippen LogP contribution is -2.45. The predicted octanol–water partition coefficient (Wildman–Crippen LogP) is 1.79. The molecule has 0 fully saturated rings. The molecular formula is C16H17N9Si. The second-order valence-electron chi connectivity index (χ2n) is 6.72. The van der Waals surface area contributed by atoms with E-state index in [9.17, 15) is 0 Å². The molecule has 130 valence electrons. The lowest BCUT2D eigenvalue weighted by atomic mass is 10.3. The van der Waals surface area contributed by atoms with Crippen molar-refractivity contribution in [3.63, 3.8) is 0 Å². The molecule has 0 aliphatic rings. The Morgan fingerprint density at radius 1 is 1.08 bits per heavy atom. The van der Waals surface area contributed by atoms with Gasteiger partial charge in [0.25, 0.3) is 0 Å². The average molecular weight is 363 g/mol. The molecule has 4 aromatic rings. The van der Waals surface area contributed by atoms with Crippen LogP contribution >= 0.6 is 0 Å². The standard InChI is InChI=1S/C16H17N9Si/c1-26(2,25-16-7-11(18)3-5-14(16)21-23-25)10-19-12-4-6-13-15(8-12)24(9-17)22-20-13/h3-8,19H,10,18H2,1-2H3. The zero-order chi connectivity index (χ0) is 18.3. The first-order valence-corrected chi connectivity index (χ1v) is 11.2. The van der Waals surface area contributed by atoms with Crippen molar-refractivity contribution in [1.82, 2.24) is 29.7 Å². The predicted molar refractivity (Wildman–Crippen MR) is 102 cm³/mol. The van der Waals surface area contributed by atoms with Crippen molar-refractivity contribution in [2.24, 2.45) is 0 Å². The van der Waals surface area contributed by atoms with Crippen LogP contribution in [0.1, 0.15) is 0 Å². The lowest BCUT2D eigenvalue weighted by Gasteiger charge is -2.24. The Bertz CT molecular complexity index is 1150. The SMILES string of the molecule is C[Si](C)(CNc1ccc2nnn(C#N)c2c1)n1nnc2ccc(N)cc21. The summed E-state index contributed by atoms with van der Waals surface area (Å²) in [6, 6.07) is 11.3. The highest BCUT2D eigenvalue weighted by Crippen LogP contribution is 2.21. The normalized spacial score (nSPS) is 11.7. The number of fused-ring (bicyclic) bond motifs is 2. The fourth-order valence-corrected chi connectivity index (χ4v) is 4.78. The summed E-state index contributed by atoms with van der Waals surface area (Å²) in [6.45, 7) is 4.41. The molecule has 0 unspecified atom stereocenters. The Morgan fingerprint density at radius 3 is 2.62 bits per heavy atom. The van der Waals surface area contributed by atoms with Gasteiger partial charge < -0.3 is 11.1 Å². The zero-order valence-corrected chi connectivity index (χ0v) is 15.4. The van der Waals surface area contributed by atoms with Crippen LogP contribution in [0.2, 0.25) is 13.1 Å². The maximum atomic E-state index is 9.09. The summed E-state index contributed by atoms with van der Waals surface area (Å²) < 4.78 is 3.21. The smallest absolute Gasteiger partial charge is 0.208 e. The molecule has 0 spiro atoms. The zero-order valence-electron chi connectivity index (χ0n) is 14.4. The van der Waals surface area contributed by atoms with Gasteiger partial charge in [-0.1, -0.05) is 10.4 Å². The maximum absolute atomic E-state index is 9.09. The third kappa shape index (κ3) is 2.64. The van der Waals surface area contributed by atoms with Crippen molar-refractivity contribution in [2.45, 2.75) is 13.1 Å². The van der Waals surface area contributed by atoms with E-state index in [1.54, 1.807) is 0 Å². The van der Waals surface area contributed by atoms with Gasteiger partial charge >= 0.3 is 0 Å². The van der Waals surface area contributed by atoms with Crippen molar-refractivity contribution in [3.8, 4) is 6.19 Å². The van der Waals surface area contributed by atoms with E-state index in [2.05, 4.69) is 39.0 Å². The molecule has 10 heteroatoms. The molecule has 2 aromatic heterocycles. The molecule has 0 saturated heterocycles. The van der Waals surface area contributed by atoms with Crippen molar-refractivity contribution in [1.29, 1.82) is 5.26 Å². The van der Waals surface area contributed by atoms with Crippen LogP contribution in [0.15, 0.2) is 36.4 Å². The monoisotopic (exact) mass is 363 g/mol. The Morgan fingerprint density at radius 2 is 1.81 bits per heavy atom. The molecule has 0 radical (unpaired) electrons. The highest BCUT2D eigenvalue weighted by atomic mass is 28.3. The summed E-state index contributed by atoms with van der Waals surface area (Å²) in [5.41, 5.74) is 10.7. The topological polar surface area (TPSA) is 123 Å². The maximum Gasteiger partial charge on any atom is 0.208 e. The molecule has 2 aromatic carbocycles. The highest BCUT2D eigenvalue weighted by Gasteiger charge is 2.27. The number of hydrogen-bond donors (Lipinski definition) is 2. The summed E-state index contributed by atoms with van der Waals surface area (Å²) in [7, 11) is -2.00. The van der Waals surface area contributed by atoms with Crippen molar-refractivity contribution in [3.05, 3.63) is 36.4 Å². The van der Waals surface area contributed by atoms with E-state index in [0.717, 1.165) is 22.9 Å². The summed E-state index contributed by atoms with van der Waals surface area (Å²) >= 11 is 0. The third-order valence-corrected chi connectivity index (χ3v) is 6.83. The van der Waals surface area contributed by atoms with Gasteiger partial charge in [-0.05, 0) is 49.5 Å². The van der Waals surface area contributed by atoms with Crippen LogP contribution in [-0.2, 0) is 0 Å². The Hall–Kier alpha value is -3.45. The second-order valence-corrected chi connectivity index (χ2v) is 11.1. The quantitative estimate of drug-likeness (QED) is 0.418. The number of anilines is 2. The van der Waals surface area contributed by atoms with E-state index in [-0.39, 0.29) is 0 Å². The van der Waals surface area contributed by atoms with Crippen LogP contribution in [0.3, 0.4) is 0 Å². The molecule has 0 aliphatic carbocycles. The molecule has 4 rings (SSSR count). The van der Waals surface area contributed by atoms with E-state index in [4.69, 9.17) is 11.0 Å². The van der Waals surface area contributed by atoms with Gasteiger partial charge in [0, 0.05) is 17.5 Å². The summed E-state index contributed by atoms with van der Waals surface area (Å²) in [5.74, 6) is 0. The van der Waals surface area contributed by atoms with Crippen LogP contribution in [-0.4, -0.2) is 44.1 Å². The molecular weight excluding hydrogens is 346 g/mol. The van der Waals surface area contributed by atoms with Gasteiger partial charge in [-0.2, -0.15) is 5.26 Å². The molecule has 9 nitrogen and oxygen atoms in total. The number of rotatable bonds is 4. The summed E-state index contributed by atoms with van der Waals surface area (Å²) in [5, 5.41) is 28.9. The van der Waals surface area contributed by atoms with Crippen LogP contribution in [0.25, 0.3) is 22.1 Å². The summed E-state index contributed by atoms with van der Waals surface area (Å²) in [4.78, 5) is 0. The minimum atomic E-state index is -2.00. The van der Waals surface area contributed by atoms with Gasteiger partial charge in [-0.25, -0.2) is 0 Å². The van der Waals surface area contributed by atoms with Gasteiger partial charge in [-0.3, -0.25) is 4.35 Å². The Kier molecular flexibility index (Phi) is 3.59. The fourth-order valence-electron chi connectivity index (χ4n) is 2.88. The number of nitrogen functional groups attached to an aromatic ring is 1. The molecule has 0 bridgehead atoms. The van der Waals surface area contributed by atoms with Crippen LogP contribution in [0.4, 0.5) is 11.4 Å². The molecule has 26 heavy (non-hydrogen) atoms. The first kappa shape index (κ1) is 16.0. The van der Waals surface area contributed by atoms with E-state index >= 15 is 0 Å². The number of benzene rings is 2. The molecule has 2 heterocycles. The van der Waals surface area contributed by atoms with Gasteiger partial charge in [0.05, 0.1) is 5.52 Å². The van der Waals surface area contributed by atoms with Crippen LogP contribution < -0.4 is 11.1 Å². The minimum Gasteiger partial charge on any atom is -0.399 e. The van der Waals surface area contributed by atoms with Crippen molar-refractivity contribution in [2.75, 3.05) is 17.2 Å². The number of hydrogen-bond acceptors (Lipinski definition) is 7. The lowest BCUT2D eigenvalue weighted by molar-refractivity contribution is 0.836. The molecule has 0 aliphatic heterocycles. The Labute approximate surface area is 150 Å². The second kappa shape index (κ2) is 5.82. The molecule has 0 amide bonds. The highest BCUT2D eigenvalue weighted by molar-refractivity contribution is 6.76. The Balaban J connectivity index is 1.61. The number of nitrogens with one attached hydrogen (secondary N) is 1. The van der Waals surface area contributed by atoms with E-state index in [0.29, 0.717) is 16.7 Å². The number of nitrogens with two attached hydrogens (primary N) is 1.